The van der Waals surface area contributed by atoms with Crippen molar-refractivity contribution in [3.05, 3.63) is 18.5 Å². The van der Waals surface area contributed by atoms with Crippen LogP contribution in [0.1, 0.15) is 6.92 Å². The summed E-state index contributed by atoms with van der Waals surface area (Å²) in [6, 6.07) is 2.05. The molecule has 2 aromatic heterocycles. The highest BCUT2D eigenvalue weighted by atomic mass is 32.2. The third-order valence-electron chi connectivity index (χ3n) is 2.14. The van der Waals surface area contributed by atoms with Crippen LogP contribution in [0.3, 0.4) is 0 Å². The number of anilines is 2. The van der Waals surface area contributed by atoms with Gasteiger partial charge in [0.05, 0.1) is 0 Å². The molecule has 0 fully saturated rings. The fourth-order valence-electron chi connectivity index (χ4n) is 1.45. The Bertz CT molecular complexity index is 499. The number of nitrogen functional groups attached to an aromatic ring is 1. The Hall–Kier alpha value is -1.83. The Balaban J connectivity index is 2.22. The van der Waals surface area contributed by atoms with Gasteiger partial charge in [0.2, 0.25) is 11.9 Å². The lowest BCUT2D eigenvalue weighted by atomic mass is 10.4. The van der Waals surface area contributed by atoms with Crippen molar-refractivity contribution in [2.75, 3.05) is 23.1 Å². The molecule has 1 unspecified atom stereocenters. The maximum absolute atomic E-state index is 5.67. The predicted octanol–water partition coefficient (Wildman–Crippen LogP) is 0.803. The van der Waals surface area contributed by atoms with Gasteiger partial charge in [0.1, 0.15) is 0 Å². The molecule has 0 saturated heterocycles. The summed E-state index contributed by atoms with van der Waals surface area (Å²) in [4.78, 5) is 12.4. The van der Waals surface area contributed by atoms with Crippen LogP contribution in [0.5, 0.6) is 0 Å². The molecule has 1 atom stereocenters. The van der Waals surface area contributed by atoms with E-state index in [2.05, 4.69) is 38.5 Å². The van der Waals surface area contributed by atoms with Gasteiger partial charge < -0.3 is 11.1 Å². The molecule has 0 amide bonds. The van der Waals surface area contributed by atoms with Gasteiger partial charge in [0, 0.05) is 24.2 Å². The molecule has 0 aromatic carbocycles. The van der Waals surface area contributed by atoms with E-state index in [1.165, 1.54) is 0 Å². The maximum atomic E-state index is 5.67. The Kier molecular flexibility index (Phi) is 3.98. The van der Waals surface area contributed by atoms with E-state index in [0.29, 0.717) is 11.9 Å². The van der Waals surface area contributed by atoms with Gasteiger partial charge in [-0.15, -0.1) is 0 Å². The third-order valence-corrected chi connectivity index (χ3v) is 2.98. The van der Waals surface area contributed by atoms with Crippen LogP contribution in [0, 0.1) is 0 Å². The van der Waals surface area contributed by atoms with Crippen molar-refractivity contribution >= 4 is 23.7 Å². The molecule has 0 radical (unpaired) electrons. The molecule has 8 heteroatoms. The van der Waals surface area contributed by atoms with E-state index in [0.717, 1.165) is 5.75 Å². The Labute approximate surface area is 109 Å². The quantitative estimate of drug-likeness (QED) is 0.825. The van der Waals surface area contributed by atoms with E-state index in [-0.39, 0.29) is 12.0 Å². The van der Waals surface area contributed by atoms with Crippen LogP contribution in [-0.2, 0) is 0 Å². The summed E-state index contributed by atoms with van der Waals surface area (Å²) in [5, 5.41) is 7.24. The molecule has 2 rings (SSSR count). The van der Waals surface area contributed by atoms with Crippen LogP contribution in [0.25, 0.3) is 5.95 Å². The summed E-state index contributed by atoms with van der Waals surface area (Å²) < 4.78 is 1.54. The van der Waals surface area contributed by atoms with Gasteiger partial charge in [-0.3, -0.25) is 0 Å². The molecule has 2 heterocycles. The van der Waals surface area contributed by atoms with Gasteiger partial charge >= 0.3 is 0 Å². The minimum atomic E-state index is 0.175. The standard InChI is InChI=1S/C10H15N7S/c1-7(6-18-2)13-9-14-8(11)15-10(16-9)17-5-3-4-12-17/h3-5,7H,6H2,1-2H3,(H3,11,13,14,15,16). The van der Waals surface area contributed by atoms with Crippen LogP contribution in [0.15, 0.2) is 18.5 Å². The molecule has 0 aliphatic rings. The minimum Gasteiger partial charge on any atom is -0.368 e. The summed E-state index contributed by atoms with van der Waals surface area (Å²) in [5.74, 6) is 2.01. The van der Waals surface area contributed by atoms with Gasteiger partial charge in [-0.05, 0) is 19.2 Å². The first-order valence-electron chi connectivity index (χ1n) is 5.46. The van der Waals surface area contributed by atoms with Crippen molar-refractivity contribution in [1.29, 1.82) is 0 Å². The minimum absolute atomic E-state index is 0.175. The SMILES string of the molecule is CSCC(C)Nc1nc(N)nc(-n2cccn2)n1. The first-order chi connectivity index (χ1) is 8.69. The number of aromatic nitrogens is 5. The van der Waals surface area contributed by atoms with Crippen molar-refractivity contribution < 1.29 is 0 Å². The van der Waals surface area contributed by atoms with Crippen molar-refractivity contribution in [2.45, 2.75) is 13.0 Å². The van der Waals surface area contributed by atoms with E-state index in [1.807, 2.05) is 0 Å². The molecule has 0 bridgehead atoms. The smallest absolute Gasteiger partial charge is 0.257 e. The van der Waals surface area contributed by atoms with Crippen molar-refractivity contribution in [3.63, 3.8) is 0 Å². The summed E-state index contributed by atoms with van der Waals surface area (Å²) >= 11 is 1.75. The number of nitrogens with zero attached hydrogens (tertiary/aromatic N) is 5. The Morgan fingerprint density at radius 1 is 1.44 bits per heavy atom. The average Bonchev–Trinajstić information content (AvgIpc) is 2.81. The molecule has 0 saturated carbocycles. The molecule has 0 spiro atoms. The average molecular weight is 265 g/mol. The highest BCUT2D eigenvalue weighted by Gasteiger charge is 2.08. The third kappa shape index (κ3) is 3.10. The lowest BCUT2D eigenvalue weighted by molar-refractivity contribution is 0.791. The first-order valence-corrected chi connectivity index (χ1v) is 6.85. The lowest BCUT2D eigenvalue weighted by Crippen LogP contribution is -2.21. The molecular formula is C10H15N7S. The van der Waals surface area contributed by atoms with Gasteiger partial charge in [-0.1, -0.05) is 0 Å². The number of hydrogen-bond donors (Lipinski definition) is 2. The molecule has 2 aromatic rings. The van der Waals surface area contributed by atoms with Crippen LogP contribution in [-0.4, -0.2) is 42.8 Å². The summed E-state index contributed by atoms with van der Waals surface area (Å²) in [6.07, 6.45) is 5.46. The Morgan fingerprint density at radius 2 is 2.28 bits per heavy atom. The Morgan fingerprint density at radius 3 is 2.94 bits per heavy atom. The molecular weight excluding hydrogens is 250 g/mol. The highest BCUT2D eigenvalue weighted by Crippen LogP contribution is 2.08. The van der Waals surface area contributed by atoms with Crippen LogP contribution >= 0.6 is 11.8 Å². The largest absolute Gasteiger partial charge is 0.368 e. The second kappa shape index (κ2) is 5.67. The second-order valence-electron chi connectivity index (χ2n) is 3.77. The number of hydrogen-bond acceptors (Lipinski definition) is 7. The fraction of sp³-hybridized carbons (Fsp3) is 0.400. The van der Waals surface area contributed by atoms with Gasteiger partial charge in [-0.2, -0.15) is 31.8 Å². The summed E-state index contributed by atoms with van der Waals surface area (Å²) in [5.41, 5.74) is 5.67. The maximum Gasteiger partial charge on any atom is 0.257 e. The molecule has 7 nitrogen and oxygen atoms in total. The molecule has 96 valence electrons. The monoisotopic (exact) mass is 265 g/mol. The van der Waals surface area contributed by atoms with Gasteiger partial charge in [0.25, 0.3) is 5.95 Å². The molecule has 18 heavy (non-hydrogen) atoms. The van der Waals surface area contributed by atoms with Crippen molar-refractivity contribution in [1.82, 2.24) is 24.7 Å². The van der Waals surface area contributed by atoms with Gasteiger partial charge in [0.15, 0.2) is 0 Å². The van der Waals surface area contributed by atoms with Crippen LogP contribution in [0.4, 0.5) is 11.9 Å². The van der Waals surface area contributed by atoms with E-state index in [9.17, 15) is 0 Å². The zero-order valence-electron chi connectivity index (χ0n) is 10.2. The van der Waals surface area contributed by atoms with E-state index < -0.39 is 0 Å². The normalized spacial score (nSPS) is 12.3. The first kappa shape index (κ1) is 12.6. The fourth-order valence-corrected chi connectivity index (χ4v) is 2.03. The topological polar surface area (TPSA) is 94.5 Å². The predicted molar refractivity (Wildman–Crippen MR) is 72.8 cm³/mol. The molecule has 3 N–H and O–H groups in total. The summed E-state index contributed by atoms with van der Waals surface area (Å²) in [7, 11) is 0. The van der Waals surface area contributed by atoms with E-state index in [1.54, 1.807) is 34.9 Å². The second-order valence-corrected chi connectivity index (χ2v) is 4.68. The van der Waals surface area contributed by atoms with Crippen LogP contribution in [0.2, 0.25) is 0 Å². The number of nitrogens with one attached hydrogen (secondary N) is 1. The lowest BCUT2D eigenvalue weighted by Gasteiger charge is -2.12. The number of nitrogens with two attached hydrogens (primary N) is 1. The zero-order valence-corrected chi connectivity index (χ0v) is 11.1. The number of rotatable bonds is 5. The molecule has 0 aliphatic heterocycles. The zero-order chi connectivity index (χ0) is 13.0. The van der Waals surface area contributed by atoms with Crippen LogP contribution < -0.4 is 11.1 Å². The number of thioether (sulfide) groups is 1. The van der Waals surface area contributed by atoms with Crippen molar-refractivity contribution in [2.24, 2.45) is 0 Å². The van der Waals surface area contributed by atoms with E-state index >= 15 is 0 Å². The highest BCUT2D eigenvalue weighted by molar-refractivity contribution is 7.98. The van der Waals surface area contributed by atoms with Gasteiger partial charge in [-0.25, -0.2) is 4.68 Å². The molecule has 0 aliphatic carbocycles. The van der Waals surface area contributed by atoms with E-state index in [4.69, 9.17) is 5.73 Å². The summed E-state index contributed by atoms with van der Waals surface area (Å²) in [6.45, 7) is 2.06. The van der Waals surface area contributed by atoms with Crippen molar-refractivity contribution in [3.8, 4) is 5.95 Å².